The van der Waals surface area contributed by atoms with Crippen molar-refractivity contribution < 1.29 is 4.74 Å². The molecule has 2 rings (SSSR count). The third-order valence-corrected chi connectivity index (χ3v) is 3.89. The van der Waals surface area contributed by atoms with Crippen LogP contribution in [0.3, 0.4) is 0 Å². The zero-order chi connectivity index (χ0) is 13.0. The minimum Gasteiger partial charge on any atom is -0.477 e. The zero-order valence-corrected chi connectivity index (χ0v) is 11.8. The minimum absolute atomic E-state index is 0.500. The Morgan fingerprint density at radius 1 is 1.50 bits per heavy atom. The Morgan fingerprint density at radius 3 is 3.00 bits per heavy atom. The van der Waals surface area contributed by atoms with Gasteiger partial charge in [0.2, 0.25) is 5.88 Å². The molecule has 0 N–H and O–H groups in total. The number of nitrogens with zero attached hydrogens (tertiary/aromatic N) is 3. The molecule has 0 aliphatic carbocycles. The molecule has 1 aromatic heterocycles. The Kier molecular flexibility index (Phi) is 4.78. The molecule has 0 aromatic carbocycles. The van der Waals surface area contributed by atoms with Crippen LogP contribution in [-0.4, -0.2) is 41.1 Å². The summed E-state index contributed by atoms with van der Waals surface area (Å²) in [6.07, 6.45) is 5.85. The van der Waals surface area contributed by atoms with Crippen LogP contribution in [0.1, 0.15) is 31.7 Å². The maximum Gasteiger partial charge on any atom is 0.221 e. The van der Waals surface area contributed by atoms with Gasteiger partial charge in [-0.25, -0.2) is 9.97 Å². The lowest BCUT2D eigenvalue weighted by atomic mass is 10.1. The van der Waals surface area contributed by atoms with Gasteiger partial charge in [0.15, 0.2) is 0 Å². The topological polar surface area (TPSA) is 38.3 Å². The second-order valence-corrected chi connectivity index (χ2v) is 5.07. The highest BCUT2D eigenvalue weighted by molar-refractivity contribution is 6.30. The van der Waals surface area contributed by atoms with Crippen molar-refractivity contribution in [2.24, 2.45) is 0 Å². The first-order valence-electron chi connectivity index (χ1n) is 6.54. The molecule has 1 aliphatic heterocycles. The summed E-state index contributed by atoms with van der Waals surface area (Å²) in [5, 5.41) is 0.500. The van der Waals surface area contributed by atoms with E-state index in [4.69, 9.17) is 16.3 Å². The van der Waals surface area contributed by atoms with E-state index in [0.29, 0.717) is 23.7 Å². The van der Waals surface area contributed by atoms with Crippen molar-refractivity contribution in [3.63, 3.8) is 0 Å². The van der Waals surface area contributed by atoms with Crippen LogP contribution in [-0.2, 0) is 6.42 Å². The molecule has 1 unspecified atom stereocenters. The molecule has 0 spiro atoms. The summed E-state index contributed by atoms with van der Waals surface area (Å²) in [6.45, 7) is 3.92. The van der Waals surface area contributed by atoms with Crippen LogP contribution in [0.5, 0.6) is 5.88 Å². The van der Waals surface area contributed by atoms with Crippen LogP contribution >= 0.6 is 11.6 Å². The maximum absolute atomic E-state index is 6.02. The predicted molar refractivity (Wildman–Crippen MR) is 72.2 cm³/mol. The molecule has 1 atom stereocenters. The van der Waals surface area contributed by atoms with Gasteiger partial charge in [-0.1, -0.05) is 18.5 Å². The molecule has 1 saturated heterocycles. The van der Waals surface area contributed by atoms with Crippen molar-refractivity contribution in [2.75, 3.05) is 20.2 Å². The lowest BCUT2D eigenvalue weighted by molar-refractivity contribution is 0.227. The smallest absolute Gasteiger partial charge is 0.221 e. The van der Waals surface area contributed by atoms with Gasteiger partial charge in [-0.15, -0.1) is 0 Å². The van der Waals surface area contributed by atoms with Gasteiger partial charge in [0.25, 0.3) is 0 Å². The SMILES string of the molecule is CCc1c(Cl)ncnc1OCCC1CCCN1C. The largest absolute Gasteiger partial charge is 0.477 e. The van der Waals surface area contributed by atoms with Crippen molar-refractivity contribution in [1.82, 2.24) is 14.9 Å². The lowest BCUT2D eigenvalue weighted by Crippen LogP contribution is -2.26. The van der Waals surface area contributed by atoms with Gasteiger partial charge in [0.05, 0.1) is 12.2 Å². The third kappa shape index (κ3) is 3.12. The average Bonchev–Trinajstić information content (AvgIpc) is 2.75. The molecular formula is C13H20ClN3O. The fourth-order valence-electron chi connectivity index (χ4n) is 2.43. The average molecular weight is 270 g/mol. The number of rotatable bonds is 5. The first kappa shape index (κ1) is 13.6. The number of hydrogen-bond donors (Lipinski definition) is 0. The van der Waals surface area contributed by atoms with E-state index in [2.05, 4.69) is 21.9 Å². The van der Waals surface area contributed by atoms with Crippen LogP contribution in [0, 0.1) is 0 Å². The Morgan fingerprint density at radius 2 is 2.33 bits per heavy atom. The Bertz CT molecular complexity index is 400. The Labute approximate surface area is 113 Å². The van der Waals surface area contributed by atoms with Crippen LogP contribution in [0.25, 0.3) is 0 Å². The molecule has 0 amide bonds. The summed E-state index contributed by atoms with van der Waals surface area (Å²) < 4.78 is 5.76. The van der Waals surface area contributed by atoms with Crippen LogP contribution in [0.2, 0.25) is 5.15 Å². The van der Waals surface area contributed by atoms with E-state index in [1.54, 1.807) is 0 Å². The molecule has 1 aromatic rings. The second kappa shape index (κ2) is 6.34. The molecule has 0 saturated carbocycles. The van der Waals surface area contributed by atoms with Crippen molar-refractivity contribution in [3.8, 4) is 5.88 Å². The summed E-state index contributed by atoms with van der Waals surface area (Å²) in [5.74, 6) is 0.637. The number of halogens is 1. The van der Waals surface area contributed by atoms with Gasteiger partial charge >= 0.3 is 0 Å². The van der Waals surface area contributed by atoms with Crippen LogP contribution < -0.4 is 4.74 Å². The fraction of sp³-hybridized carbons (Fsp3) is 0.692. The second-order valence-electron chi connectivity index (χ2n) is 4.72. The molecule has 100 valence electrons. The summed E-state index contributed by atoms with van der Waals surface area (Å²) in [4.78, 5) is 10.5. The number of hydrogen-bond acceptors (Lipinski definition) is 4. The van der Waals surface area contributed by atoms with E-state index in [-0.39, 0.29) is 0 Å². The summed E-state index contributed by atoms with van der Waals surface area (Å²) in [6, 6.07) is 0.646. The Hall–Kier alpha value is -0.870. The first-order valence-corrected chi connectivity index (χ1v) is 6.92. The highest BCUT2D eigenvalue weighted by Gasteiger charge is 2.20. The number of ether oxygens (including phenoxy) is 1. The Balaban J connectivity index is 1.88. The van der Waals surface area contributed by atoms with Gasteiger partial charge < -0.3 is 9.64 Å². The van der Waals surface area contributed by atoms with E-state index in [9.17, 15) is 0 Å². The predicted octanol–water partition coefficient (Wildman–Crippen LogP) is 2.56. The summed E-state index contributed by atoms with van der Waals surface area (Å²) in [5.41, 5.74) is 0.902. The fourth-order valence-corrected chi connectivity index (χ4v) is 2.69. The maximum atomic E-state index is 6.02. The van der Waals surface area contributed by atoms with Gasteiger partial charge in [-0.3, -0.25) is 0 Å². The third-order valence-electron chi connectivity index (χ3n) is 3.57. The van der Waals surface area contributed by atoms with E-state index < -0.39 is 0 Å². The van der Waals surface area contributed by atoms with E-state index in [1.165, 1.54) is 25.7 Å². The zero-order valence-electron chi connectivity index (χ0n) is 11.0. The van der Waals surface area contributed by atoms with E-state index in [0.717, 1.165) is 18.4 Å². The number of aromatic nitrogens is 2. The normalized spacial score (nSPS) is 20.3. The molecule has 0 radical (unpaired) electrons. The van der Waals surface area contributed by atoms with Crippen molar-refractivity contribution in [2.45, 2.75) is 38.6 Å². The monoisotopic (exact) mass is 269 g/mol. The van der Waals surface area contributed by atoms with Crippen molar-refractivity contribution in [1.29, 1.82) is 0 Å². The quantitative estimate of drug-likeness (QED) is 0.770. The highest BCUT2D eigenvalue weighted by Crippen LogP contribution is 2.23. The molecule has 5 heteroatoms. The summed E-state index contributed by atoms with van der Waals surface area (Å²) in [7, 11) is 2.18. The lowest BCUT2D eigenvalue weighted by Gasteiger charge is -2.19. The molecular weight excluding hydrogens is 250 g/mol. The first-order chi connectivity index (χ1) is 8.72. The van der Waals surface area contributed by atoms with Crippen LogP contribution in [0.4, 0.5) is 0 Å². The molecule has 1 aliphatic rings. The van der Waals surface area contributed by atoms with Gasteiger partial charge in [-0.2, -0.15) is 0 Å². The van der Waals surface area contributed by atoms with E-state index >= 15 is 0 Å². The van der Waals surface area contributed by atoms with Gasteiger partial charge in [-0.05, 0) is 39.3 Å². The summed E-state index contributed by atoms with van der Waals surface area (Å²) >= 11 is 6.02. The molecule has 18 heavy (non-hydrogen) atoms. The standard InChI is InChI=1S/C13H20ClN3O/c1-3-11-12(14)15-9-16-13(11)18-8-6-10-5-4-7-17(10)2/h9-10H,3-8H2,1-2H3. The van der Waals surface area contributed by atoms with Crippen molar-refractivity contribution >= 4 is 11.6 Å². The molecule has 2 heterocycles. The van der Waals surface area contributed by atoms with E-state index in [1.807, 2.05) is 6.92 Å². The van der Waals surface area contributed by atoms with Crippen LogP contribution in [0.15, 0.2) is 6.33 Å². The molecule has 4 nitrogen and oxygen atoms in total. The minimum atomic E-state index is 0.500. The molecule has 0 bridgehead atoms. The molecule has 1 fully saturated rings. The van der Waals surface area contributed by atoms with Gasteiger partial charge in [0, 0.05) is 6.04 Å². The number of likely N-dealkylation sites (tertiary alicyclic amines) is 1. The highest BCUT2D eigenvalue weighted by atomic mass is 35.5. The van der Waals surface area contributed by atoms with Gasteiger partial charge in [0.1, 0.15) is 11.5 Å². The van der Waals surface area contributed by atoms with Crippen molar-refractivity contribution in [3.05, 3.63) is 17.0 Å².